The van der Waals surface area contributed by atoms with Gasteiger partial charge in [-0.15, -0.1) is 11.3 Å². The van der Waals surface area contributed by atoms with Crippen molar-refractivity contribution in [1.82, 2.24) is 4.98 Å². The summed E-state index contributed by atoms with van der Waals surface area (Å²) in [6.45, 7) is 3.69. The van der Waals surface area contributed by atoms with E-state index in [0.717, 1.165) is 16.9 Å². The number of aromatic nitrogens is 1. The second kappa shape index (κ2) is 4.09. The number of thiazole rings is 1. The lowest BCUT2D eigenvalue weighted by molar-refractivity contribution is 0.104. The highest BCUT2D eigenvalue weighted by Crippen LogP contribution is 2.12. The van der Waals surface area contributed by atoms with Gasteiger partial charge in [-0.25, -0.2) is 4.98 Å². The zero-order valence-electron chi connectivity index (χ0n) is 7.40. The maximum Gasteiger partial charge on any atom is 0.197 e. The minimum Gasteiger partial charge on any atom is -0.295 e. The molecule has 0 N–H and O–H groups in total. The largest absolute Gasteiger partial charge is 0.295 e. The number of aldehydes is 1. The van der Waals surface area contributed by atoms with Gasteiger partial charge in [-0.3, -0.25) is 9.59 Å². The minimum atomic E-state index is -0.0920. The highest BCUT2D eigenvalue weighted by Gasteiger charge is 2.06. The molecule has 0 aliphatic rings. The first kappa shape index (κ1) is 9.80. The molecule has 0 unspecified atom stereocenters. The second-order valence-electron chi connectivity index (χ2n) is 2.77. The van der Waals surface area contributed by atoms with Gasteiger partial charge in [0.05, 0.1) is 4.88 Å². The average molecular weight is 195 g/mol. The Hall–Kier alpha value is -1.29. The molecule has 0 aliphatic heterocycles. The van der Waals surface area contributed by atoms with Crippen LogP contribution in [0.15, 0.2) is 17.8 Å². The topological polar surface area (TPSA) is 47.0 Å². The van der Waals surface area contributed by atoms with Crippen molar-refractivity contribution in [1.29, 1.82) is 0 Å². The summed E-state index contributed by atoms with van der Waals surface area (Å²) in [4.78, 5) is 25.9. The van der Waals surface area contributed by atoms with Gasteiger partial charge in [0.1, 0.15) is 0 Å². The molecule has 3 nitrogen and oxygen atoms in total. The van der Waals surface area contributed by atoms with Crippen molar-refractivity contribution in [2.75, 3.05) is 0 Å². The molecule has 0 saturated heterocycles. The number of ketones is 1. The van der Waals surface area contributed by atoms with Crippen LogP contribution in [0.3, 0.4) is 0 Å². The molecule has 1 aromatic rings. The molecule has 13 heavy (non-hydrogen) atoms. The SMILES string of the molecule is CC(C)=CC(=O)c1cnc(C=O)s1. The van der Waals surface area contributed by atoms with Crippen LogP contribution in [0.5, 0.6) is 0 Å². The molecule has 0 fully saturated rings. The Bertz CT molecular complexity index is 361. The van der Waals surface area contributed by atoms with Crippen LogP contribution in [0.2, 0.25) is 0 Å². The smallest absolute Gasteiger partial charge is 0.197 e. The van der Waals surface area contributed by atoms with Crippen molar-refractivity contribution in [3.63, 3.8) is 0 Å². The van der Waals surface area contributed by atoms with Crippen molar-refractivity contribution >= 4 is 23.4 Å². The molecular formula is C9H9NO2S. The third-order valence-corrected chi connectivity index (χ3v) is 2.22. The molecule has 0 amide bonds. The van der Waals surface area contributed by atoms with Gasteiger partial charge in [0.2, 0.25) is 0 Å². The zero-order chi connectivity index (χ0) is 9.84. The molecule has 0 aliphatic carbocycles. The molecule has 0 aromatic carbocycles. The van der Waals surface area contributed by atoms with E-state index in [-0.39, 0.29) is 5.78 Å². The van der Waals surface area contributed by atoms with E-state index in [9.17, 15) is 9.59 Å². The lowest BCUT2D eigenvalue weighted by Crippen LogP contribution is -1.90. The predicted octanol–water partition coefficient (Wildman–Crippen LogP) is 2.10. The highest BCUT2D eigenvalue weighted by atomic mass is 32.1. The van der Waals surface area contributed by atoms with Crippen molar-refractivity contribution in [2.24, 2.45) is 0 Å². The quantitative estimate of drug-likeness (QED) is 0.421. The first-order valence-electron chi connectivity index (χ1n) is 3.73. The van der Waals surface area contributed by atoms with Crippen molar-refractivity contribution < 1.29 is 9.59 Å². The zero-order valence-corrected chi connectivity index (χ0v) is 8.22. The number of allylic oxidation sites excluding steroid dienone is 2. The molecule has 4 heteroatoms. The molecule has 68 valence electrons. The number of carbonyl (C=O) groups excluding carboxylic acids is 2. The van der Waals surface area contributed by atoms with Crippen LogP contribution in [0.25, 0.3) is 0 Å². The van der Waals surface area contributed by atoms with E-state index in [1.807, 2.05) is 13.8 Å². The fourth-order valence-corrected chi connectivity index (χ4v) is 1.43. The monoisotopic (exact) mass is 195 g/mol. The molecule has 0 bridgehead atoms. The Balaban J connectivity index is 2.89. The molecule has 1 aromatic heterocycles. The van der Waals surface area contributed by atoms with Gasteiger partial charge in [0.15, 0.2) is 17.1 Å². The maximum atomic E-state index is 11.4. The first-order valence-corrected chi connectivity index (χ1v) is 4.55. The van der Waals surface area contributed by atoms with Gasteiger partial charge in [-0.2, -0.15) is 0 Å². The fraction of sp³-hybridized carbons (Fsp3) is 0.222. The van der Waals surface area contributed by atoms with Gasteiger partial charge in [0.25, 0.3) is 0 Å². The van der Waals surface area contributed by atoms with E-state index < -0.39 is 0 Å². The fourth-order valence-electron chi connectivity index (χ4n) is 0.789. The minimum absolute atomic E-state index is 0.0920. The molecule has 1 rings (SSSR count). The number of hydrogen-bond acceptors (Lipinski definition) is 4. The summed E-state index contributed by atoms with van der Waals surface area (Å²) in [5.41, 5.74) is 0.936. The van der Waals surface area contributed by atoms with E-state index in [4.69, 9.17) is 0 Å². The van der Waals surface area contributed by atoms with Crippen LogP contribution in [-0.4, -0.2) is 17.1 Å². The van der Waals surface area contributed by atoms with E-state index in [1.54, 1.807) is 0 Å². The van der Waals surface area contributed by atoms with Gasteiger partial charge >= 0.3 is 0 Å². The third-order valence-electron chi connectivity index (χ3n) is 1.29. The Morgan fingerprint density at radius 2 is 2.23 bits per heavy atom. The summed E-state index contributed by atoms with van der Waals surface area (Å²) in [6, 6.07) is 0. The van der Waals surface area contributed by atoms with E-state index in [2.05, 4.69) is 4.98 Å². The standard InChI is InChI=1S/C9H9NO2S/c1-6(2)3-7(12)8-4-10-9(5-11)13-8/h3-5H,1-2H3. The summed E-state index contributed by atoms with van der Waals surface area (Å²) >= 11 is 1.11. The van der Waals surface area contributed by atoms with Gasteiger partial charge < -0.3 is 0 Å². The summed E-state index contributed by atoms with van der Waals surface area (Å²) in [5, 5.41) is 0.338. The molecule has 0 spiro atoms. The molecule has 0 saturated carbocycles. The maximum absolute atomic E-state index is 11.4. The number of rotatable bonds is 3. The normalized spacial score (nSPS) is 9.38. The van der Waals surface area contributed by atoms with E-state index in [0.29, 0.717) is 16.2 Å². The number of hydrogen-bond donors (Lipinski definition) is 0. The van der Waals surface area contributed by atoms with Crippen molar-refractivity contribution in [3.05, 3.63) is 27.7 Å². The second-order valence-corrected chi connectivity index (χ2v) is 3.83. The Labute approximate surface area is 80.1 Å². The van der Waals surface area contributed by atoms with Crippen LogP contribution in [-0.2, 0) is 0 Å². The van der Waals surface area contributed by atoms with Crippen LogP contribution < -0.4 is 0 Å². The van der Waals surface area contributed by atoms with E-state index in [1.165, 1.54) is 12.3 Å². The number of nitrogens with zero attached hydrogens (tertiary/aromatic N) is 1. The van der Waals surface area contributed by atoms with Gasteiger partial charge in [0, 0.05) is 6.20 Å². The third kappa shape index (κ3) is 2.59. The van der Waals surface area contributed by atoms with Crippen molar-refractivity contribution in [2.45, 2.75) is 13.8 Å². The summed E-state index contributed by atoms with van der Waals surface area (Å²) in [6.07, 6.45) is 3.60. The van der Waals surface area contributed by atoms with Crippen molar-refractivity contribution in [3.8, 4) is 0 Å². The van der Waals surface area contributed by atoms with Gasteiger partial charge in [-0.05, 0) is 19.9 Å². The molecule has 1 heterocycles. The highest BCUT2D eigenvalue weighted by molar-refractivity contribution is 7.15. The van der Waals surface area contributed by atoms with Crippen LogP contribution in [0, 0.1) is 0 Å². The molecule has 0 radical (unpaired) electrons. The van der Waals surface area contributed by atoms with Crippen LogP contribution in [0.4, 0.5) is 0 Å². The number of carbonyl (C=O) groups is 2. The molecule has 0 atom stereocenters. The molecular weight excluding hydrogens is 186 g/mol. The van der Waals surface area contributed by atoms with Crippen LogP contribution >= 0.6 is 11.3 Å². The predicted molar refractivity (Wildman–Crippen MR) is 51.3 cm³/mol. The van der Waals surface area contributed by atoms with Gasteiger partial charge in [-0.1, -0.05) is 5.57 Å². The Morgan fingerprint density at radius 3 is 2.69 bits per heavy atom. The van der Waals surface area contributed by atoms with Crippen LogP contribution in [0.1, 0.15) is 33.3 Å². The Morgan fingerprint density at radius 1 is 1.54 bits per heavy atom. The van der Waals surface area contributed by atoms with E-state index >= 15 is 0 Å². The average Bonchev–Trinajstić information content (AvgIpc) is 2.50. The lowest BCUT2D eigenvalue weighted by Gasteiger charge is -1.88. The lowest BCUT2D eigenvalue weighted by atomic mass is 10.2. The summed E-state index contributed by atoms with van der Waals surface area (Å²) in [5.74, 6) is -0.0920. The Kier molecular flexibility index (Phi) is 3.08. The first-order chi connectivity index (χ1) is 6.13. The summed E-state index contributed by atoms with van der Waals surface area (Å²) in [7, 11) is 0. The summed E-state index contributed by atoms with van der Waals surface area (Å²) < 4.78 is 0.